The van der Waals surface area contributed by atoms with E-state index in [0.29, 0.717) is 6.42 Å². The number of phenols is 1. The Morgan fingerprint density at radius 2 is 1.78 bits per heavy atom. The summed E-state index contributed by atoms with van der Waals surface area (Å²) in [4.78, 5) is 11.6. The van der Waals surface area contributed by atoms with Gasteiger partial charge in [0.15, 0.2) is 5.78 Å². The average Bonchev–Trinajstić information content (AvgIpc) is 2.38. The van der Waals surface area contributed by atoms with Gasteiger partial charge in [0.05, 0.1) is 0 Å². The van der Waals surface area contributed by atoms with E-state index in [-0.39, 0.29) is 11.5 Å². The van der Waals surface area contributed by atoms with Gasteiger partial charge in [-0.2, -0.15) is 0 Å². The van der Waals surface area contributed by atoms with Crippen LogP contribution in [0.2, 0.25) is 0 Å². The summed E-state index contributed by atoms with van der Waals surface area (Å²) in [5.41, 5.74) is 0.937. The molecule has 0 radical (unpaired) electrons. The Bertz CT molecular complexity index is 377. The lowest BCUT2D eigenvalue weighted by Gasteiger charge is -1.97. The van der Waals surface area contributed by atoms with Crippen molar-refractivity contribution in [3.05, 3.63) is 35.9 Å². The molecule has 0 aliphatic carbocycles. The van der Waals surface area contributed by atoms with Gasteiger partial charge in [-0.25, -0.2) is 0 Å². The summed E-state index contributed by atoms with van der Waals surface area (Å²) in [6, 6.07) is 6.82. The summed E-state index contributed by atoms with van der Waals surface area (Å²) in [6.45, 7) is 2.19. The molecule has 0 aromatic heterocycles. The number of ketones is 1. The molecular weight excluding hydrogens is 224 g/mol. The normalized spacial score (nSPS) is 10.9. The molecule has 1 rings (SSSR count). The van der Waals surface area contributed by atoms with Gasteiger partial charge < -0.3 is 5.11 Å². The zero-order valence-electron chi connectivity index (χ0n) is 11.1. The molecule has 18 heavy (non-hydrogen) atoms. The van der Waals surface area contributed by atoms with Crippen molar-refractivity contribution in [2.24, 2.45) is 0 Å². The number of aromatic hydroxyl groups is 1. The highest BCUT2D eigenvalue weighted by atomic mass is 16.3. The third kappa shape index (κ3) is 6.24. The molecule has 0 unspecified atom stereocenters. The highest BCUT2D eigenvalue weighted by Crippen LogP contribution is 2.11. The quantitative estimate of drug-likeness (QED) is 0.547. The molecule has 0 spiro atoms. The van der Waals surface area contributed by atoms with Crippen molar-refractivity contribution in [1.29, 1.82) is 0 Å². The van der Waals surface area contributed by atoms with E-state index in [1.807, 2.05) is 0 Å². The third-order valence-electron chi connectivity index (χ3n) is 2.88. The maximum atomic E-state index is 11.6. The van der Waals surface area contributed by atoms with Crippen molar-refractivity contribution < 1.29 is 9.90 Å². The molecule has 0 bridgehead atoms. The largest absolute Gasteiger partial charge is 0.508 e. The lowest BCUT2D eigenvalue weighted by Crippen LogP contribution is -1.92. The van der Waals surface area contributed by atoms with Crippen LogP contribution in [-0.4, -0.2) is 10.9 Å². The molecular formula is C16H22O2. The smallest absolute Gasteiger partial charge is 0.155 e. The number of unbranched alkanes of at least 4 members (excludes halogenated alkanes) is 4. The Balaban J connectivity index is 2.25. The summed E-state index contributed by atoms with van der Waals surface area (Å²) in [7, 11) is 0. The second-order valence-electron chi connectivity index (χ2n) is 4.56. The van der Waals surface area contributed by atoms with Crippen LogP contribution in [0.4, 0.5) is 0 Å². The molecule has 2 nitrogen and oxygen atoms in total. The predicted molar refractivity (Wildman–Crippen MR) is 75.5 cm³/mol. The number of allylic oxidation sites excluding steroid dienone is 1. The van der Waals surface area contributed by atoms with Crippen LogP contribution in [0.3, 0.4) is 0 Å². The molecule has 1 N–H and O–H groups in total. The molecule has 0 heterocycles. The molecule has 98 valence electrons. The monoisotopic (exact) mass is 246 g/mol. The lowest BCUT2D eigenvalue weighted by molar-refractivity contribution is -0.114. The number of benzene rings is 1. The third-order valence-corrected chi connectivity index (χ3v) is 2.88. The SMILES string of the molecule is CCCCCCCC(=O)/C=C/c1ccc(O)cc1. The Hall–Kier alpha value is -1.57. The second kappa shape index (κ2) is 8.51. The highest BCUT2D eigenvalue weighted by molar-refractivity contribution is 5.93. The van der Waals surface area contributed by atoms with E-state index < -0.39 is 0 Å². The van der Waals surface area contributed by atoms with Gasteiger partial charge in [0, 0.05) is 6.42 Å². The Morgan fingerprint density at radius 1 is 1.11 bits per heavy atom. The summed E-state index contributed by atoms with van der Waals surface area (Å²) in [5, 5.41) is 9.13. The zero-order chi connectivity index (χ0) is 13.2. The number of hydrogen-bond acceptors (Lipinski definition) is 2. The van der Waals surface area contributed by atoms with Gasteiger partial charge in [-0.3, -0.25) is 4.79 Å². The maximum absolute atomic E-state index is 11.6. The van der Waals surface area contributed by atoms with Crippen LogP contribution in [0.1, 0.15) is 51.0 Å². The fraction of sp³-hybridized carbons (Fsp3) is 0.438. The molecule has 1 aromatic rings. The van der Waals surface area contributed by atoms with Crippen molar-refractivity contribution in [3.8, 4) is 5.75 Å². The van der Waals surface area contributed by atoms with E-state index in [0.717, 1.165) is 18.4 Å². The maximum Gasteiger partial charge on any atom is 0.155 e. The molecule has 0 atom stereocenters. The van der Waals surface area contributed by atoms with Crippen LogP contribution in [0.5, 0.6) is 5.75 Å². The standard InChI is InChI=1S/C16H22O2/c1-2-3-4-5-6-7-15(17)11-8-14-9-12-16(18)13-10-14/h8-13,18H,2-7H2,1H3/b11-8+. The minimum absolute atomic E-state index is 0.180. The van der Waals surface area contributed by atoms with E-state index in [9.17, 15) is 4.79 Å². The summed E-state index contributed by atoms with van der Waals surface area (Å²) < 4.78 is 0. The molecule has 1 aromatic carbocycles. The second-order valence-corrected chi connectivity index (χ2v) is 4.56. The van der Waals surface area contributed by atoms with Crippen LogP contribution in [0.15, 0.2) is 30.3 Å². The Morgan fingerprint density at radius 3 is 2.44 bits per heavy atom. The van der Waals surface area contributed by atoms with Gasteiger partial charge in [-0.05, 0) is 30.2 Å². The van der Waals surface area contributed by atoms with Crippen molar-refractivity contribution in [1.82, 2.24) is 0 Å². The van der Waals surface area contributed by atoms with E-state index in [4.69, 9.17) is 5.11 Å². The summed E-state index contributed by atoms with van der Waals surface area (Å²) in [6.07, 6.45) is 9.92. The molecule has 0 saturated heterocycles. The minimum atomic E-state index is 0.180. The fourth-order valence-corrected chi connectivity index (χ4v) is 1.76. The molecule has 0 fully saturated rings. The molecule has 2 heteroatoms. The van der Waals surface area contributed by atoms with Crippen molar-refractivity contribution in [3.63, 3.8) is 0 Å². The van der Waals surface area contributed by atoms with Crippen LogP contribution in [0, 0.1) is 0 Å². The van der Waals surface area contributed by atoms with Crippen molar-refractivity contribution >= 4 is 11.9 Å². The molecule has 0 aliphatic heterocycles. The number of phenolic OH excluding ortho intramolecular Hbond substituents is 1. The van der Waals surface area contributed by atoms with E-state index in [1.54, 1.807) is 36.4 Å². The lowest BCUT2D eigenvalue weighted by atomic mass is 10.1. The van der Waals surface area contributed by atoms with Gasteiger partial charge >= 0.3 is 0 Å². The first kappa shape index (κ1) is 14.5. The Kier molecular flexibility index (Phi) is 6.85. The van der Waals surface area contributed by atoms with Crippen LogP contribution in [-0.2, 0) is 4.79 Å². The number of rotatable bonds is 8. The highest BCUT2D eigenvalue weighted by Gasteiger charge is 1.97. The fourth-order valence-electron chi connectivity index (χ4n) is 1.76. The Labute approximate surface area is 109 Å². The van der Waals surface area contributed by atoms with Gasteiger partial charge in [-0.15, -0.1) is 0 Å². The first-order chi connectivity index (χ1) is 8.72. The summed E-state index contributed by atoms with van der Waals surface area (Å²) >= 11 is 0. The van der Waals surface area contributed by atoms with E-state index >= 15 is 0 Å². The molecule has 0 amide bonds. The van der Waals surface area contributed by atoms with Crippen molar-refractivity contribution in [2.75, 3.05) is 0 Å². The van der Waals surface area contributed by atoms with E-state index in [2.05, 4.69) is 6.92 Å². The molecule has 0 saturated carbocycles. The molecule has 0 aliphatic rings. The van der Waals surface area contributed by atoms with Crippen LogP contribution >= 0.6 is 0 Å². The topological polar surface area (TPSA) is 37.3 Å². The number of carbonyl (C=O) groups excluding carboxylic acids is 1. The number of carbonyl (C=O) groups is 1. The van der Waals surface area contributed by atoms with Crippen LogP contribution in [0.25, 0.3) is 6.08 Å². The van der Waals surface area contributed by atoms with Gasteiger partial charge in [0.2, 0.25) is 0 Å². The summed E-state index contributed by atoms with van der Waals surface area (Å²) in [5.74, 6) is 0.425. The van der Waals surface area contributed by atoms with Gasteiger partial charge in [0.25, 0.3) is 0 Å². The van der Waals surface area contributed by atoms with Crippen LogP contribution < -0.4 is 0 Å². The average molecular weight is 246 g/mol. The minimum Gasteiger partial charge on any atom is -0.508 e. The number of hydrogen-bond donors (Lipinski definition) is 1. The first-order valence-electron chi connectivity index (χ1n) is 6.72. The first-order valence-corrected chi connectivity index (χ1v) is 6.72. The van der Waals surface area contributed by atoms with Crippen molar-refractivity contribution in [2.45, 2.75) is 45.4 Å². The zero-order valence-corrected chi connectivity index (χ0v) is 11.1. The predicted octanol–water partition coefficient (Wildman–Crippen LogP) is 4.34. The van der Waals surface area contributed by atoms with Gasteiger partial charge in [0.1, 0.15) is 5.75 Å². The van der Waals surface area contributed by atoms with E-state index in [1.165, 1.54) is 19.3 Å². The van der Waals surface area contributed by atoms with Gasteiger partial charge in [-0.1, -0.05) is 50.8 Å².